The van der Waals surface area contributed by atoms with Gasteiger partial charge in [0.05, 0.1) is 17.6 Å². The SMILES string of the molecule is CCOc1cccc(N2CCN(Cc3ccc4nccnc4c3)CC2)n1. The van der Waals surface area contributed by atoms with Crippen molar-refractivity contribution < 1.29 is 4.74 Å². The number of hydrogen-bond acceptors (Lipinski definition) is 6. The Hall–Kier alpha value is -2.73. The highest BCUT2D eigenvalue weighted by molar-refractivity contribution is 5.74. The average Bonchev–Trinajstić information content (AvgIpc) is 2.69. The molecule has 1 aliphatic heterocycles. The van der Waals surface area contributed by atoms with Crippen LogP contribution in [0, 0.1) is 0 Å². The standard InChI is InChI=1S/C20H23N5O/c1-2-26-20-5-3-4-19(23-20)25-12-10-24(11-13-25)15-16-6-7-17-18(14-16)22-9-8-21-17/h3-9,14H,2,10-13,15H2,1H3. The van der Waals surface area contributed by atoms with Crippen molar-refractivity contribution >= 4 is 16.9 Å². The molecule has 0 atom stereocenters. The van der Waals surface area contributed by atoms with Crippen molar-refractivity contribution in [3.05, 3.63) is 54.4 Å². The van der Waals surface area contributed by atoms with Gasteiger partial charge in [-0.25, -0.2) is 0 Å². The highest BCUT2D eigenvalue weighted by Crippen LogP contribution is 2.19. The van der Waals surface area contributed by atoms with Gasteiger partial charge in [-0.15, -0.1) is 0 Å². The van der Waals surface area contributed by atoms with Crippen molar-refractivity contribution in [2.24, 2.45) is 0 Å². The normalized spacial score (nSPS) is 15.3. The number of hydrogen-bond donors (Lipinski definition) is 0. The maximum absolute atomic E-state index is 5.51. The molecule has 0 radical (unpaired) electrons. The molecule has 4 rings (SSSR count). The predicted octanol–water partition coefficient (Wildman–Crippen LogP) is 2.75. The lowest BCUT2D eigenvalue weighted by Gasteiger charge is -2.35. The van der Waals surface area contributed by atoms with Crippen molar-refractivity contribution in [1.82, 2.24) is 19.9 Å². The molecule has 0 saturated carbocycles. The molecule has 6 nitrogen and oxygen atoms in total. The Balaban J connectivity index is 1.37. The molecule has 0 amide bonds. The molecule has 0 bridgehead atoms. The van der Waals surface area contributed by atoms with Gasteiger partial charge >= 0.3 is 0 Å². The Morgan fingerprint density at radius 2 is 1.77 bits per heavy atom. The van der Waals surface area contributed by atoms with E-state index in [1.54, 1.807) is 12.4 Å². The number of pyridine rings is 1. The summed E-state index contributed by atoms with van der Waals surface area (Å²) in [6, 6.07) is 12.3. The van der Waals surface area contributed by atoms with E-state index in [9.17, 15) is 0 Å². The highest BCUT2D eigenvalue weighted by Gasteiger charge is 2.18. The van der Waals surface area contributed by atoms with E-state index in [-0.39, 0.29) is 0 Å². The second-order valence-corrected chi connectivity index (χ2v) is 6.41. The van der Waals surface area contributed by atoms with Gasteiger partial charge in [-0.3, -0.25) is 14.9 Å². The predicted molar refractivity (Wildman–Crippen MR) is 102 cm³/mol. The Kier molecular flexibility index (Phi) is 4.93. The maximum atomic E-state index is 5.51. The first kappa shape index (κ1) is 16.7. The van der Waals surface area contributed by atoms with Crippen LogP contribution < -0.4 is 9.64 Å². The molecule has 1 aliphatic rings. The number of nitrogens with zero attached hydrogens (tertiary/aromatic N) is 5. The lowest BCUT2D eigenvalue weighted by Crippen LogP contribution is -2.46. The van der Waals surface area contributed by atoms with Gasteiger partial charge in [0.2, 0.25) is 5.88 Å². The van der Waals surface area contributed by atoms with E-state index in [2.05, 4.69) is 49.0 Å². The topological polar surface area (TPSA) is 54.4 Å². The van der Waals surface area contributed by atoms with Crippen LogP contribution in [0.5, 0.6) is 5.88 Å². The summed E-state index contributed by atoms with van der Waals surface area (Å²) in [5.41, 5.74) is 3.19. The van der Waals surface area contributed by atoms with Crippen molar-refractivity contribution in [3.63, 3.8) is 0 Å². The molecular weight excluding hydrogens is 326 g/mol. The molecule has 3 heterocycles. The molecule has 2 aromatic heterocycles. The molecule has 0 aliphatic carbocycles. The first-order chi connectivity index (χ1) is 12.8. The van der Waals surface area contributed by atoms with Crippen LogP contribution in [-0.2, 0) is 6.54 Å². The lowest BCUT2D eigenvalue weighted by molar-refractivity contribution is 0.249. The molecule has 0 spiro atoms. The minimum Gasteiger partial charge on any atom is -0.478 e. The second kappa shape index (κ2) is 7.66. The summed E-state index contributed by atoms with van der Waals surface area (Å²) < 4.78 is 5.51. The van der Waals surface area contributed by atoms with E-state index in [1.807, 2.05) is 19.1 Å². The van der Waals surface area contributed by atoms with Crippen LogP contribution >= 0.6 is 0 Å². The number of piperazine rings is 1. The summed E-state index contributed by atoms with van der Waals surface area (Å²) in [6.45, 7) is 7.52. The fourth-order valence-electron chi connectivity index (χ4n) is 3.31. The van der Waals surface area contributed by atoms with Crippen LogP contribution in [0.15, 0.2) is 48.8 Å². The van der Waals surface area contributed by atoms with Crippen molar-refractivity contribution in [3.8, 4) is 5.88 Å². The molecule has 1 fully saturated rings. The molecule has 6 heteroatoms. The van der Waals surface area contributed by atoms with Gasteiger partial charge < -0.3 is 9.64 Å². The van der Waals surface area contributed by atoms with Crippen molar-refractivity contribution in [2.45, 2.75) is 13.5 Å². The fraction of sp³-hybridized carbons (Fsp3) is 0.350. The minimum atomic E-state index is 0.639. The summed E-state index contributed by atoms with van der Waals surface area (Å²) in [5.74, 6) is 1.70. The third-order valence-electron chi connectivity index (χ3n) is 4.64. The number of aromatic nitrogens is 3. The molecule has 26 heavy (non-hydrogen) atoms. The van der Waals surface area contributed by atoms with E-state index < -0.39 is 0 Å². The van der Waals surface area contributed by atoms with Gasteiger partial charge in [0.1, 0.15) is 5.82 Å². The quantitative estimate of drug-likeness (QED) is 0.706. The van der Waals surface area contributed by atoms with Gasteiger partial charge in [-0.2, -0.15) is 4.98 Å². The summed E-state index contributed by atoms with van der Waals surface area (Å²) in [4.78, 5) is 18.1. The van der Waals surface area contributed by atoms with Gasteiger partial charge in [-0.05, 0) is 30.7 Å². The fourth-order valence-corrected chi connectivity index (χ4v) is 3.31. The molecule has 0 unspecified atom stereocenters. The van der Waals surface area contributed by atoms with Crippen LogP contribution in [0.4, 0.5) is 5.82 Å². The second-order valence-electron chi connectivity index (χ2n) is 6.41. The minimum absolute atomic E-state index is 0.639. The molecule has 3 aromatic rings. The number of fused-ring (bicyclic) bond motifs is 1. The number of rotatable bonds is 5. The molecular formula is C20H23N5O. The third-order valence-corrected chi connectivity index (χ3v) is 4.64. The molecule has 1 aromatic carbocycles. The summed E-state index contributed by atoms with van der Waals surface area (Å²) in [6.07, 6.45) is 3.48. The molecule has 134 valence electrons. The summed E-state index contributed by atoms with van der Waals surface area (Å²) in [7, 11) is 0. The number of anilines is 1. The largest absolute Gasteiger partial charge is 0.478 e. The van der Waals surface area contributed by atoms with Gasteiger partial charge in [0.25, 0.3) is 0 Å². The lowest BCUT2D eigenvalue weighted by atomic mass is 10.1. The van der Waals surface area contributed by atoms with Crippen LogP contribution in [-0.4, -0.2) is 52.6 Å². The molecule has 0 N–H and O–H groups in total. The van der Waals surface area contributed by atoms with Crippen molar-refractivity contribution in [2.75, 3.05) is 37.7 Å². The van der Waals surface area contributed by atoms with E-state index in [0.29, 0.717) is 12.5 Å². The zero-order valence-electron chi connectivity index (χ0n) is 15.0. The third kappa shape index (κ3) is 3.75. The average molecular weight is 349 g/mol. The van der Waals surface area contributed by atoms with Gasteiger partial charge in [0, 0.05) is 51.2 Å². The van der Waals surface area contributed by atoms with E-state index in [1.165, 1.54) is 5.56 Å². The Labute approximate surface area is 153 Å². The zero-order chi connectivity index (χ0) is 17.8. The first-order valence-corrected chi connectivity index (χ1v) is 9.08. The van der Waals surface area contributed by atoms with Crippen LogP contribution in [0.25, 0.3) is 11.0 Å². The van der Waals surface area contributed by atoms with E-state index in [4.69, 9.17) is 4.74 Å². The van der Waals surface area contributed by atoms with Crippen LogP contribution in [0.3, 0.4) is 0 Å². The highest BCUT2D eigenvalue weighted by atomic mass is 16.5. The molecule has 1 saturated heterocycles. The van der Waals surface area contributed by atoms with Gasteiger partial charge in [-0.1, -0.05) is 12.1 Å². The van der Waals surface area contributed by atoms with E-state index in [0.717, 1.165) is 49.6 Å². The Bertz CT molecular complexity index is 877. The monoisotopic (exact) mass is 349 g/mol. The van der Waals surface area contributed by atoms with Gasteiger partial charge in [0.15, 0.2) is 0 Å². The number of benzene rings is 1. The number of ether oxygens (including phenoxy) is 1. The van der Waals surface area contributed by atoms with E-state index >= 15 is 0 Å². The van der Waals surface area contributed by atoms with Crippen LogP contribution in [0.2, 0.25) is 0 Å². The maximum Gasteiger partial charge on any atom is 0.215 e. The summed E-state index contributed by atoms with van der Waals surface area (Å²) >= 11 is 0. The van der Waals surface area contributed by atoms with Crippen LogP contribution in [0.1, 0.15) is 12.5 Å². The smallest absolute Gasteiger partial charge is 0.215 e. The van der Waals surface area contributed by atoms with Crippen molar-refractivity contribution in [1.29, 1.82) is 0 Å². The Morgan fingerprint density at radius 3 is 2.58 bits per heavy atom. The summed E-state index contributed by atoms with van der Waals surface area (Å²) in [5, 5.41) is 0. The zero-order valence-corrected chi connectivity index (χ0v) is 15.0. The Morgan fingerprint density at radius 1 is 0.962 bits per heavy atom. The first-order valence-electron chi connectivity index (χ1n) is 9.08.